The van der Waals surface area contributed by atoms with E-state index in [1.165, 1.54) is 16.4 Å². The maximum absolute atomic E-state index is 5.62. The summed E-state index contributed by atoms with van der Waals surface area (Å²) < 4.78 is 11.1. The molecule has 0 spiro atoms. The first kappa shape index (κ1) is 16.4. The second-order valence-electron chi connectivity index (χ2n) is 7.45. The number of aromatic amines is 1. The van der Waals surface area contributed by atoms with Gasteiger partial charge < -0.3 is 14.5 Å². The highest BCUT2D eigenvalue weighted by Gasteiger charge is 2.29. The Bertz CT molecular complexity index is 1290. The molecule has 0 aliphatic carbocycles. The van der Waals surface area contributed by atoms with Crippen molar-refractivity contribution >= 4 is 17.1 Å². The average molecular weight is 384 g/mol. The molecule has 1 atom stereocenters. The smallest absolute Gasteiger partial charge is 0.231 e. The highest BCUT2D eigenvalue weighted by molar-refractivity contribution is 5.98. The number of para-hydroxylation sites is 1. The van der Waals surface area contributed by atoms with E-state index in [9.17, 15) is 0 Å². The third-order valence-corrected chi connectivity index (χ3v) is 5.83. The molecule has 4 heterocycles. The van der Waals surface area contributed by atoms with E-state index in [2.05, 4.69) is 52.9 Å². The highest BCUT2D eigenvalue weighted by atomic mass is 16.7. The van der Waals surface area contributed by atoms with Gasteiger partial charge in [-0.3, -0.25) is 10.4 Å². The summed E-state index contributed by atoms with van der Waals surface area (Å²) in [5, 5.41) is 6.79. The summed E-state index contributed by atoms with van der Waals surface area (Å²) in [5.41, 5.74) is 9.04. The molecule has 2 aromatic carbocycles. The summed E-state index contributed by atoms with van der Waals surface area (Å²) >= 11 is 0. The number of nitrogens with zero attached hydrogens (tertiary/aromatic N) is 2. The number of rotatable bonds is 2. The fraction of sp³-hybridized carbons (Fsp3) is 0.217. The van der Waals surface area contributed by atoms with Crippen LogP contribution in [0.2, 0.25) is 0 Å². The minimum atomic E-state index is -0.145. The monoisotopic (exact) mass is 384 g/mol. The summed E-state index contributed by atoms with van der Waals surface area (Å²) in [6, 6.07) is 14.3. The fourth-order valence-corrected chi connectivity index (χ4v) is 4.36. The van der Waals surface area contributed by atoms with E-state index in [0.717, 1.165) is 52.4 Å². The van der Waals surface area contributed by atoms with E-state index in [1.54, 1.807) is 0 Å². The first-order valence-corrected chi connectivity index (χ1v) is 9.90. The lowest BCUT2D eigenvalue weighted by atomic mass is 9.91. The van der Waals surface area contributed by atoms with Crippen molar-refractivity contribution in [1.29, 1.82) is 0 Å². The second kappa shape index (κ2) is 6.24. The predicted molar refractivity (Wildman–Crippen MR) is 111 cm³/mol. The molecule has 6 heteroatoms. The number of fused-ring (bicyclic) bond motifs is 2. The molecule has 0 radical (unpaired) electrons. The number of H-pyrrole nitrogens is 1. The van der Waals surface area contributed by atoms with Crippen molar-refractivity contribution in [3.05, 3.63) is 75.9 Å². The Labute approximate surface area is 167 Å². The molecule has 2 N–H and O–H groups in total. The number of benzene rings is 2. The van der Waals surface area contributed by atoms with Crippen molar-refractivity contribution in [2.75, 3.05) is 12.2 Å². The van der Waals surface area contributed by atoms with Gasteiger partial charge in [-0.15, -0.1) is 0 Å². The van der Waals surface area contributed by atoms with Gasteiger partial charge in [0, 0.05) is 34.7 Å². The number of hydrogen-bond acceptors (Lipinski definition) is 5. The van der Waals surface area contributed by atoms with Crippen LogP contribution in [-0.2, 0) is 0 Å². The molecule has 1 aromatic heterocycles. The van der Waals surface area contributed by atoms with Crippen LogP contribution in [0.4, 0.5) is 5.82 Å². The lowest BCUT2D eigenvalue weighted by molar-refractivity contribution is 0.174. The van der Waals surface area contributed by atoms with E-state index in [-0.39, 0.29) is 12.8 Å². The van der Waals surface area contributed by atoms with Gasteiger partial charge in [0.05, 0.1) is 5.36 Å². The molecule has 29 heavy (non-hydrogen) atoms. The van der Waals surface area contributed by atoms with Gasteiger partial charge in [-0.05, 0) is 35.8 Å². The van der Waals surface area contributed by atoms with E-state index >= 15 is 0 Å². The predicted octanol–water partition coefficient (Wildman–Crippen LogP) is 3.25. The van der Waals surface area contributed by atoms with E-state index in [4.69, 9.17) is 14.5 Å². The molecular weight excluding hydrogens is 364 g/mol. The minimum Gasteiger partial charge on any atom is -0.454 e. The van der Waals surface area contributed by atoms with Crippen LogP contribution in [0, 0.1) is 0 Å². The Morgan fingerprint density at radius 1 is 1.10 bits per heavy atom. The van der Waals surface area contributed by atoms with Crippen LogP contribution in [0.3, 0.4) is 0 Å². The lowest BCUT2D eigenvalue weighted by Gasteiger charge is -2.14. The zero-order valence-corrected chi connectivity index (χ0v) is 16.0. The number of hydrazone groups is 1. The molecule has 6 rings (SSSR count). The molecule has 6 nitrogen and oxygen atoms in total. The number of nitrogens with one attached hydrogen (secondary N) is 2. The summed E-state index contributed by atoms with van der Waals surface area (Å²) in [6.45, 7) is 2.41. The van der Waals surface area contributed by atoms with Crippen LogP contribution in [0.15, 0.2) is 58.8 Å². The van der Waals surface area contributed by atoms with Gasteiger partial charge in [0.15, 0.2) is 11.5 Å². The van der Waals surface area contributed by atoms with Gasteiger partial charge in [0.25, 0.3) is 0 Å². The Morgan fingerprint density at radius 3 is 2.93 bits per heavy atom. The van der Waals surface area contributed by atoms with Crippen LogP contribution in [-0.4, -0.2) is 17.5 Å². The van der Waals surface area contributed by atoms with Crippen LogP contribution in [0.5, 0.6) is 11.5 Å². The summed E-state index contributed by atoms with van der Waals surface area (Å²) in [7, 11) is 0. The standard InChI is InChI=1S/C23H20N4O2/c1-2-14-10-16-15-5-3-4-6-18(15)25-22(17-11-24-23(21(16)17)27-26-14)13-7-8-19-20(9-13)29-12-28-19/h3-9,11,22,24,27H,2,10,12H2,1H3. The topological polar surface area (TPSA) is 71.0 Å². The van der Waals surface area contributed by atoms with Crippen molar-refractivity contribution in [3.63, 3.8) is 0 Å². The number of ether oxygens (including phenoxy) is 2. The molecule has 0 fully saturated rings. The van der Waals surface area contributed by atoms with Crippen LogP contribution in [0.25, 0.3) is 5.57 Å². The first-order valence-electron chi connectivity index (χ1n) is 9.90. The van der Waals surface area contributed by atoms with Crippen molar-refractivity contribution in [2.45, 2.75) is 25.8 Å². The lowest BCUT2D eigenvalue weighted by Crippen LogP contribution is -2.27. The summed E-state index contributed by atoms with van der Waals surface area (Å²) in [6.07, 6.45) is 3.76. The third-order valence-electron chi connectivity index (χ3n) is 5.83. The van der Waals surface area contributed by atoms with E-state index in [1.807, 2.05) is 18.2 Å². The Morgan fingerprint density at radius 2 is 2.00 bits per heavy atom. The molecule has 3 aliphatic heterocycles. The maximum atomic E-state index is 5.62. The van der Waals surface area contributed by atoms with Gasteiger partial charge in [0.1, 0.15) is 11.9 Å². The SMILES string of the molecule is CCC1=NNc2[nH]cc3c2C(=c2ccccc2=NC3c2ccc3c(c2)OCO3)C1. The number of hydrogen-bond donors (Lipinski definition) is 2. The van der Waals surface area contributed by atoms with Crippen molar-refractivity contribution in [1.82, 2.24) is 4.98 Å². The van der Waals surface area contributed by atoms with Gasteiger partial charge in [-0.25, -0.2) is 0 Å². The van der Waals surface area contributed by atoms with Gasteiger partial charge in [-0.1, -0.05) is 31.2 Å². The van der Waals surface area contributed by atoms with Gasteiger partial charge >= 0.3 is 0 Å². The molecular formula is C23H20N4O2. The maximum Gasteiger partial charge on any atom is 0.231 e. The molecule has 0 saturated heterocycles. The van der Waals surface area contributed by atoms with E-state index < -0.39 is 0 Å². The second-order valence-corrected chi connectivity index (χ2v) is 7.45. The molecule has 3 aliphatic rings. The van der Waals surface area contributed by atoms with Gasteiger partial charge in [0.2, 0.25) is 6.79 Å². The first-order chi connectivity index (χ1) is 14.3. The van der Waals surface area contributed by atoms with Gasteiger partial charge in [-0.2, -0.15) is 5.10 Å². The van der Waals surface area contributed by atoms with Crippen molar-refractivity contribution < 1.29 is 9.47 Å². The molecule has 1 unspecified atom stereocenters. The zero-order valence-electron chi connectivity index (χ0n) is 16.0. The number of anilines is 1. The summed E-state index contributed by atoms with van der Waals surface area (Å²) in [4.78, 5) is 8.58. The number of aromatic nitrogens is 1. The van der Waals surface area contributed by atoms with Crippen LogP contribution < -0.4 is 25.5 Å². The summed E-state index contributed by atoms with van der Waals surface area (Å²) in [5.74, 6) is 2.48. The molecule has 0 bridgehead atoms. The van der Waals surface area contributed by atoms with E-state index in [0.29, 0.717) is 0 Å². The Kier molecular flexibility index (Phi) is 3.53. The largest absolute Gasteiger partial charge is 0.454 e. The quantitative estimate of drug-likeness (QED) is 0.713. The normalized spacial score (nSPS) is 18.6. The average Bonchev–Trinajstić information content (AvgIpc) is 3.32. The van der Waals surface area contributed by atoms with Crippen molar-refractivity contribution in [2.24, 2.45) is 10.1 Å². The zero-order chi connectivity index (χ0) is 19.4. The Balaban J connectivity index is 1.63. The van der Waals surface area contributed by atoms with Crippen LogP contribution >= 0.6 is 0 Å². The fourth-order valence-electron chi connectivity index (χ4n) is 4.36. The minimum absolute atomic E-state index is 0.145. The highest BCUT2D eigenvalue weighted by Crippen LogP contribution is 2.41. The third kappa shape index (κ3) is 2.49. The van der Waals surface area contributed by atoms with Crippen LogP contribution in [0.1, 0.15) is 42.5 Å². The Hall–Kier alpha value is -3.54. The molecule has 0 saturated carbocycles. The molecule has 144 valence electrons. The van der Waals surface area contributed by atoms with Crippen molar-refractivity contribution in [3.8, 4) is 11.5 Å². The molecule has 0 amide bonds. The molecule has 3 aromatic rings.